The van der Waals surface area contributed by atoms with Crippen LogP contribution in [0, 0.1) is 13.8 Å². The quantitative estimate of drug-likeness (QED) is 0.713. The van der Waals surface area contributed by atoms with Crippen molar-refractivity contribution in [2.75, 3.05) is 0 Å². The Morgan fingerprint density at radius 2 is 2.06 bits per heavy atom. The van der Waals surface area contributed by atoms with E-state index in [1.807, 2.05) is 38.1 Å². The third kappa shape index (κ3) is 1.66. The second kappa shape index (κ2) is 4.07. The second-order valence-corrected chi connectivity index (χ2v) is 5.43. The van der Waals surface area contributed by atoms with E-state index >= 15 is 0 Å². The average molecular weight is 256 g/mol. The molecule has 1 aromatic carbocycles. The molecule has 3 nitrogen and oxygen atoms in total. The molecule has 0 aliphatic rings. The summed E-state index contributed by atoms with van der Waals surface area (Å²) < 4.78 is 0. The van der Waals surface area contributed by atoms with Crippen LogP contribution in [0.4, 0.5) is 0 Å². The Hall–Kier alpha value is -1.94. The number of ketones is 1. The number of carbonyl (C=O) groups excluding carboxylic acids is 1. The van der Waals surface area contributed by atoms with Crippen LogP contribution in [-0.4, -0.2) is 15.8 Å². The molecule has 0 aliphatic carbocycles. The summed E-state index contributed by atoms with van der Waals surface area (Å²) in [6.07, 6.45) is 1.78. The number of H-pyrrole nitrogens is 1. The number of thiazole rings is 1. The van der Waals surface area contributed by atoms with Gasteiger partial charge in [-0.15, -0.1) is 11.3 Å². The Labute approximate surface area is 108 Å². The molecule has 0 spiro atoms. The summed E-state index contributed by atoms with van der Waals surface area (Å²) in [5.74, 6) is 0.0514. The molecule has 0 unspecified atom stereocenters. The van der Waals surface area contributed by atoms with Crippen molar-refractivity contribution in [3.8, 4) is 0 Å². The number of fused-ring (bicyclic) bond motifs is 1. The van der Waals surface area contributed by atoms with E-state index in [2.05, 4.69) is 9.97 Å². The fourth-order valence-corrected chi connectivity index (χ4v) is 3.00. The molecule has 2 heterocycles. The highest BCUT2D eigenvalue weighted by Crippen LogP contribution is 2.25. The molecule has 0 bridgehead atoms. The highest BCUT2D eigenvalue weighted by Gasteiger charge is 2.18. The zero-order chi connectivity index (χ0) is 12.7. The summed E-state index contributed by atoms with van der Waals surface area (Å²) >= 11 is 1.45. The Kier molecular flexibility index (Phi) is 2.52. The monoisotopic (exact) mass is 256 g/mol. The van der Waals surface area contributed by atoms with Gasteiger partial charge in [0.1, 0.15) is 0 Å². The van der Waals surface area contributed by atoms with Crippen LogP contribution in [0.25, 0.3) is 10.9 Å². The first-order valence-electron chi connectivity index (χ1n) is 5.71. The Bertz CT molecular complexity index is 739. The van der Waals surface area contributed by atoms with Crippen LogP contribution in [0.3, 0.4) is 0 Å². The molecule has 90 valence electrons. The lowest BCUT2D eigenvalue weighted by Crippen LogP contribution is -1.99. The fraction of sp³-hybridized carbons (Fsp3) is 0.143. The number of aromatic nitrogens is 2. The number of para-hydroxylation sites is 1. The van der Waals surface area contributed by atoms with Crippen LogP contribution in [-0.2, 0) is 0 Å². The van der Waals surface area contributed by atoms with Crippen molar-refractivity contribution >= 4 is 28.0 Å². The van der Waals surface area contributed by atoms with Crippen molar-refractivity contribution in [3.05, 3.63) is 51.6 Å². The van der Waals surface area contributed by atoms with Crippen LogP contribution in [0.5, 0.6) is 0 Å². The zero-order valence-corrected chi connectivity index (χ0v) is 11.0. The van der Waals surface area contributed by atoms with E-state index in [0.717, 1.165) is 32.0 Å². The molecule has 0 aliphatic heterocycles. The molecule has 18 heavy (non-hydrogen) atoms. The second-order valence-electron chi connectivity index (χ2n) is 4.22. The van der Waals surface area contributed by atoms with E-state index in [9.17, 15) is 4.79 Å². The third-order valence-electron chi connectivity index (χ3n) is 2.94. The minimum Gasteiger partial charge on any atom is -0.360 e. The summed E-state index contributed by atoms with van der Waals surface area (Å²) in [6.45, 7) is 3.80. The van der Waals surface area contributed by atoms with Gasteiger partial charge in [0.2, 0.25) is 5.78 Å². The lowest BCUT2D eigenvalue weighted by Gasteiger charge is -1.97. The lowest BCUT2D eigenvalue weighted by molar-refractivity contribution is 0.104. The molecule has 0 saturated carbocycles. The highest BCUT2D eigenvalue weighted by atomic mass is 32.1. The summed E-state index contributed by atoms with van der Waals surface area (Å²) in [7, 11) is 0. The standard InChI is InChI=1S/C14H12N2OS/c1-8-14(18-9(2)16-8)13(17)11-7-15-12-6-4-3-5-10(11)12/h3-7,15H,1-2H3. The maximum absolute atomic E-state index is 12.5. The first-order valence-corrected chi connectivity index (χ1v) is 6.53. The predicted molar refractivity (Wildman–Crippen MR) is 73.3 cm³/mol. The molecule has 2 aromatic heterocycles. The molecule has 3 rings (SSSR count). The van der Waals surface area contributed by atoms with E-state index in [4.69, 9.17) is 0 Å². The Morgan fingerprint density at radius 3 is 2.78 bits per heavy atom. The van der Waals surface area contributed by atoms with Gasteiger partial charge in [-0.3, -0.25) is 4.79 Å². The number of rotatable bonds is 2. The molecule has 3 aromatic rings. The van der Waals surface area contributed by atoms with Gasteiger partial charge in [0.15, 0.2) is 0 Å². The van der Waals surface area contributed by atoms with Gasteiger partial charge in [-0.25, -0.2) is 4.98 Å². The van der Waals surface area contributed by atoms with Crippen molar-refractivity contribution in [1.82, 2.24) is 9.97 Å². The summed E-state index contributed by atoms with van der Waals surface area (Å²) in [5.41, 5.74) is 2.52. The van der Waals surface area contributed by atoms with E-state index in [1.54, 1.807) is 6.20 Å². The van der Waals surface area contributed by atoms with E-state index in [-0.39, 0.29) is 5.78 Å². The summed E-state index contributed by atoms with van der Waals surface area (Å²) in [6, 6.07) is 7.83. The van der Waals surface area contributed by atoms with Gasteiger partial charge in [0.05, 0.1) is 15.6 Å². The molecular formula is C14H12N2OS. The maximum atomic E-state index is 12.5. The fourth-order valence-electron chi connectivity index (χ4n) is 2.12. The summed E-state index contributed by atoms with van der Waals surface area (Å²) in [4.78, 5) is 20.7. The van der Waals surface area contributed by atoms with Gasteiger partial charge in [0, 0.05) is 22.7 Å². The van der Waals surface area contributed by atoms with Crippen molar-refractivity contribution < 1.29 is 4.79 Å². The highest BCUT2D eigenvalue weighted by molar-refractivity contribution is 7.14. The molecule has 0 saturated heterocycles. The zero-order valence-electron chi connectivity index (χ0n) is 10.2. The van der Waals surface area contributed by atoms with Gasteiger partial charge in [-0.05, 0) is 19.9 Å². The number of hydrogen-bond donors (Lipinski definition) is 1. The van der Waals surface area contributed by atoms with Crippen LogP contribution in [0.1, 0.15) is 25.9 Å². The smallest absolute Gasteiger partial charge is 0.207 e. The van der Waals surface area contributed by atoms with Crippen LogP contribution >= 0.6 is 11.3 Å². The predicted octanol–water partition coefficient (Wildman–Crippen LogP) is 3.47. The molecule has 1 N–H and O–H groups in total. The van der Waals surface area contributed by atoms with Crippen molar-refractivity contribution in [3.63, 3.8) is 0 Å². The van der Waals surface area contributed by atoms with Crippen LogP contribution in [0.15, 0.2) is 30.5 Å². The molecule has 0 fully saturated rings. The molecule has 4 heteroatoms. The van der Waals surface area contributed by atoms with Gasteiger partial charge < -0.3 is 4.98 Å². The van der Waals surface area contributed by atoms with Gasteiger partial charge in [-0.1, -0.05) is 18.2 Å². The minimum atomic E-state index is 0.0514. The van der Waals surface area contributed by atoms with Crippen molar-refractivity contribution in [2.24, 2.45) is 0 Å². The SMILES string of the molecule is Cc1nc(C)c(C(=O)c2c[nH]c3ccccc23)s1. The lowest BCUT2D eigenvalue weighted by atomic mass is 10.1. The van der Waals surface area contributed by atoms with Gasteiger partial charge in [-0.2, -0.15) is 0 Å². The van der Waals surface area contributed by atoms with E-state index in [1.165, 1.54) is 11.3 Å². The topological polar surface area (TPSA) is 45.8 Å². The van der Waals surface area contributed by atoms with Crippen LogP contribution in [0.2, 0.25) is 0 Å². The Balaban J connectivity index is 2.15. The largest absolute Gasteiger partial charge is 0.360 e. The van der Waals surface area contributed by atoms with Gasteiger partial charge >= 0.3 is 0 Å². The van der Waals surface area contributed by atoms with Gasteiger partial charge in [0.25, 0.3) is 0 Å². The molecular weight excluding hydrogens is 244 g/mol. The number of aromatic amines is 1. The number of carbonyl (C=O) groups is 1. The van der Waals surface area contributed by atoms with Crippen LogP contribution < -0.4 is 0 Å². The number of aryl methyl sites for hydroxylation is 2. The number of nitrogens with zero attached hydrogens (tertiary/aromatic N) is 1. The Morgan fingerprint density at radius 1 is 1.28 bits per heavy atom. The number of benzene rings is 1. The average Bonchev–Trinajstić information content (AvgIpc) is 2.92. The first-order chi connectivity index (χ1) is 8.66. The summed E-state index contributed by atoms with van der Waals surface area (Å²) in [5, 5.41) is 1.89. The van der Waals surface area contributed by atoms with E-state index in [0.29, 0.717) is 0 Å². The molecule has 0 atom stereocenters. The molecule has 0 amide bonds. The van der Waals surface area contributed by atoms with Crippen molar-refractivity contribution in [2.45, 2.75) is 13.8 Å². The minimum absolute atomic E-state index is 0.0514. The third-order valence-corrected chi connectivity index (χ3v) is 4.02. The number of hydrogen-bond acceptors (Lipinski definition) is 3. The first kappa shape index (κ1) is 11.2. The van der Waals surface area contributed by atoms with E-state index < -0.39 is 0 Å². The normalized spacial score (nSPS) is 11.0. The van der Waals surface area contributed by atoms with Crippen molar-refractivity contribution in [1.29, 1.82) is 0 Å². The maximum Gasteiger partial charge on any atom is 0.207 e. The molecule has 0 radical (unpaired) electrons. The number of nitrogens with one attached hydrogen (secondary N) is 1.